The van der Waals surface area contributed by atoms with E-state index in [1.807, 2.05) is 17.5 Å². The van der Waals surface area contributed by atoms with E-state index in [-0.39, 0.29) is 19.0 Å². The third kappa shape index (κ3) is 4.56. The average molecular weight is 300 g/mol. The van der Waals surface area contributed by atoms with Gasteiger partial charge in [-0.05, 0) is 23.6 Å². The highest BCUT2D eigenvalue weighted by atomic mass is 32.1. The van der Waals surface area contributed by atoms with Gasteiger partial charge in [-0.1, -0.05) is 6.07 Å². The molecule has 1 aromatic heterocycles. The van der Waals surface area contributed by atoms with Crippen LogP contribution in [0.15, 0.2) is 35.7 Å². The minimum Gasteiger partial charge on any atom is -0.488 e. The highest BCUT2D eigenvalue weighted by Gasteiger charge is 2.09. The maximum atomic E-state index is 13.3. The van der Waals surface area contributed by atoms with Gasteiger partial charge in [-0.3, -0.25) is 0 Å². The Bertz CT molecular complexity index is 531. The first-order valence-corrected chi connectivity index (χ1v) is 6.89. The Kier molecular flexibility index (Phi) is 5.46. The third-order valence-electron chi connectivity index (χ3n) is 2.46. The van der Waals surface area contributed by atoms with Crippen molar-refractivity contribution < 1.29 is 23.4 Å². The second-order valence-electron chi connectivity index (χ2n) is 4.13. The summed E-state index contributed by atoms with van der Waals surface area (Å²) in [6.45, 7) is 0.382. The van der Waals surface area contributed by atoms with Crippen molar-refractivity contribution in [2.75, 3.05) is 13.2 Å². The highest BCUT2D eigenvalue weighted by Crippen LogP contribution is 2.17. The first-order valence-electron chi connectivity index (χ1n) is 6.01. The normalized spacial score (nSPS) is 12.3. The molecule has 1 aromatic carbocycles. The van der Waals surface area contributed by atoms with Crippen LogP contribution >= 0.6 is 11.3 Å². The number of aliphatic hydroxyl groups excluding tert-OH is 1. The SMILES string of the molecule is OC(COCc1cccs1)COc1ccc(F)cc1F. The number of aliphatic hydroxyl groups is 1. The van der Waals surface area contributed by atoms with Crippen LogP contribution in [0, 0.1) is 11.6 Å². The molecule has 0 spiro atoms. The van der Waals surface area contributed by atoms with Gasteiger partial charge in [-0.25, -0.2) is 8.78 Å². The molecule has 0 radical (unpaired) electrons. The van der Waals surface area contributed by atoms with Crippen molar-refractivity contribution in [3.8, 4) is 5.75 Å². The maximum Gasteiger partial charge on any atom is 0.167 e. The van der Waals surface area contributed by atoms with E-state index in [1.165, 1.54) is 6.07 Å². The van der Waals surface area contributed by atoms with Crippen molar-refractivity contribution in [1.82, 2.24) is 0 Å². The molecule has 20 heavy (non-hydrogen) atoms. The summed E-state index contributed by atoms with van der Waals surface area (Å²) in [5.74, 6) is -1.56. The van der Waals surface area contributed by atoms with Gasteiger partial charge in [0.2, 0.25) is 0 Å². The van der Waals surface area contributed by atoms with Crippen molar-refractivity contribution in [1.29, 1.82) is 0 Å². The van der Waals surface area contributed by atoms with Crippen molar-refractivity contribution in [3.63, 3.8) is 0 Å². The number of rotatable bonds is 7. The lowest BCUT2D eigenvalue weighted by atomic mass is 10.3. The van der Waals surface area contributed by atoms with Crippen LogP contribution in [0.25, 0.3) is 0 Å². The molecule has 0 amide bonds. The van der Waals surface area contributed by atoms with Crippen LogP contribution in [0.1, 0.15) is 4.88 Å². The number of hydrogen-bond donors (Lipinski definition) is 1. The fraction of sp³-hybridized carbons (Fsp3) is 0.286. The van der Waals surface area contributed by atoms with Crippen LogP contribution in [0.5, 0.6) is 5.75 Å². The summed E-state index contributed by atoms with van der Waals surface area (Å²) in [6, 6.07) is 6.86. The molecular formula is C14H14F2O3S. The van der Waals surface area contributed by atoms with Crippen LogP contribution in [-0.4, -0.2) is 24.4 Å². The molecule has 1 heterocycles. The van der Waals surface area contributed by atoms with E-state index in [2.05, 4.69) is 0 Å². The second kappa shape index (κ2) is 7.33. The van der Waals surface area contributed by atoms with Gasteiger partial charge >= 0.3 is 0 Å². The number of thiophene rings is 1. The van der Waals surface area contributed by atoms with E-state index in [0.29, 0.717) is 6.61 Å². The smallest absolute Gasteiger partial charge is 0.167 e. The largest absolute Gasteiger partial charge is 0.488 e. The minimum absolute atomic E-state index is 0.0840. The van der Waals surface area contributed by atoms with Gasteiger partial charge in [0.05, 0.1) is 13.2 Å². The Hall–Kier alpha value is -1.50. The molecule has 0 bridgehead atoms. The van der Waals surface area contributed by atoms with Gasteiger partial charge in [0.25, 0.3) is 0 Å². The minimum atomic E-state index is -0.876. The highest BCUT2D eigenvalue weighted by molar-refractivity contribution is 7.09. The van der Waals surface area contributed by atoms with Crippen LogP contribution in [0.2, 0.25) is 0 Å². The molecule has 2 aromatic rings. The number of benzene rings is 1. The zero-order valence-electron chi connectivity index (χ0n) is 10.6. The summed E-state index contributed by atoms with van der Waals surface area (Å²) in [7, 11) is 0. The van der Waals surface area contributed by atoms with Gasteiger partial charge in [0, 0.05) is 10.9 Å². The van der Waals surface area contributed by atoms with Crippen LogP contribution in [0.4, 0.5) is 8.78 Å². The first-order chi connectivity index (χ1) is 9.65. The molecule has 0 aliphatic rings. The van der Waals surface area contributed by atoms with Gasteiger partial charge in [0.1, 0.15) is 18.5 Å². The Morgan fingerprint density at radius 3 is 2.75 bits per heavy atom. The molecule has 1 unspecified atom stereocenters. The summed E-state index contributed by atoms with van der Waals surface area (Å²) < 4.78 is 36.3. The molecule has 0 aliphatic carbocycles. The lowest BCUT2D eigenvalue weighted by molar-refractivity contribution is 0.00558. The lowest BCUT2D eigenvalue weighted by Gasteiger charge is -2.13. The van der Waals surface area contributed by atoms with E-state index < -0.39 is 17.7 Å². The Morgan fingerprint density at radius 2 is 2.05 bits per heavy atom. The molecule has 3 nitrogen and oxygen atoms in total. The van der Waals surface area contributed by atoms with Crippen molar-refractivity contribution in [2.24, 2.45) is 0 Å². The molecule has 0 saturated heterocycles. The van der Waals surface area contributed by atoms with Gasteiger partial charge < -0.3 is 14.6 Å². The molecular weight excluding hydrogens is 286 g/mol. The Balaban J connectivity index is 1.70. The molecule has 6 heteroatoms. The zero-order valence-corrected chi connectivity index (χ0v) is 11.4. The maximum absolute atomic E-state index is 13.3. The number of ether oxygens (including phenoxy) is 2. The lowest BCUT2D eigenvalue weighted by Crippen LogP contribution is -2.23. The fourth-order valence-corrected chi connectivity index (χ4v) is 2.16. The van der Waals surface area contributed by atoms with Crippen molar-refractivity contribution in [3.05, 3.63) is 52.2 Å². The zero-order chi connectivity index (χ0) is 14.4. The Labute approximate surface area is 119 Å². The van der Waals surface area contributed by atoms with E-state index in [4.69, 9.17) is 9.47 Å². The number of hydrogen-bond acceptors (Lipinski definition) is 4. The topological polar surface area (TPSA) is 38.7 Å². The molecule has 0 saturated carbocycles. The molecule has 108 valence electrons. The second-order valence-corrected chi connectivity index (χ2v) is 5.17. The van der Waals surface area contributed by atoms with E-state index in [9.17, 15) is 13.9 Å². The summed E-state index contributed by atoms with van der Waals surface area (Å²) in [5, 5.41) is 11.6. The standard InChI is InChI=1S/C14H14F2O3S/c15-10-3-4-14(13(16)6-10)19-8-11(17)7-18-9-12-2-1-5-20-12/h1-6,11,17H,7-9H2. The molecule has 0 aliphatic heterocycles. The van der Waals surface area contributed by atoms with E-state index in [1.54, 1.807) is 11.3 Å². The molecule has 2 rings (SSSR count). The summed E-state index contributed by atoms with van der Waals surface area (Å²) >= 11 is 1.57. The third-order valence-corrected chi connectivity index (χ3v) is 3.31. The summed E-state index contributed by atoms with van der Waals surface area (Å²) in [5.41, 5.74) is 0. The monoisotopic (exact) mass is 300 g/mol. The molecule has 1 N–H and O–H groups in total. The van der Waals surface area contributed by atoms with Crippen LogP contribution in [0.3, 0.4) is 0 Å². The van der Waals surface area contributed by atoms with Crippen LogP contribution < -0.4 is 4.74 Å². The van der Waals surface area contributed by atoms with Gasteiger partial charge in [-0.2, -0.15) is 0 Å². The van der Waals surface area contributed by atoms with Crippen molar-refractivity contribution in [2.45, 2.75) is 12.7 Å². The van der Waals surface area contributed by atoms with E-state index in [0.717, 1.165) is 17.0 Å². The van der Waals surface area contributed by atoms with Crippen molar-refractivity contribution >= 4 is 11.3 Å². The van der Waals surface area contributed by atoms with Gasteiger partial charge in [-0.15, -0.1) is 11.3 Å². The van der Waals surface area contributed by atoms with E-state index >= 15 is 0 Å². The number of halogens is 2. The first kappa shape index (κ1) is 14.9. The predicted octanol–water partition coefficient (Wildman–Crippen LogP) is 2.98. The average Bonchev–Trinajstić information content (AvgIpc) is 2.91. The summed E-state index contributed by atoms with van der Waals surface area (Å²) in [6.07, 6.45) is -0.876. The summed E-state index contributed by atoms with van der Waals surface area (Å²) in [4.78, 5) is 1.06. The molecule has 0 fully saturated rings. The van der Waals surface area contributed by atoms with Crippen LogP contribution in [-0.2, 0) is 11.3 Å². The molecule has 1 atom stereocenters. The predicted molar refractivity (Wildman–Crippen MR) is 71.8 cm³/mol. The van der Waals surface area contributed by atoms with Gasteiger partial charge in [0.15, 0.2) is 11.6 Å². The fourth-order valence-electron chi connectivity index (χ4n) is 1.52. The Morgan fingerprint density at radius 1 is 1.20 bits per heavy atom. The quantitative estimate of drug-likeness (QED) is 0.854.